The Kier molecular flexibility index (Phi) is 4.88. The Labute approximate surface area is 109 Å². The average molecular weight is 249 g/mol. The highest BCUT2D eigenvalue weighted by Gasteiger charge is 2.24. The molecule has 3 rings (SSSR count). The quantitative estimate of drug-likeness (QED) is 0.803. The first-order valence-corrected chi connectivity index (χ1v) is 6.87. The third kappa shape index (κ3) is 3.91. The van der Waals surface area contributed by atoms with Crippen molar-refractivity contribution >= 4 is 0 Å². The first-order chi connectivity index (χ1) is 8.78. The lowest BCUT2D eigenvalue weighted by molar-refractivity contribution is 0.243. The molecule has 2 heterocycles. The SMILES string of the molecule is C1CC2CCCC(C1)N2.COc1cccc(O)c1. The number of nitrogens with one attached hydrogen (secondary N) is 1. The van der Waals surface area contributed by atoms with Crippen molar-refractivity contribution in [3.8, 4) is 11.5 Å². The Hall–Kier alpha value is -1.22. The van der Waals surface area contributed by atoms with E-state index in [-0.39, 0.29) is 5.75 Å². The van der Waals surface area contributed by atoms with Gasteiger partial charge in [-0.2, -0.15) is 0 Å². The summed E-state index contributed by atoms with van der Waals surface area (Å²) < 4.78 is 4.84. The van der Waals surface area contributed by atoms with Gasteiger partial charge in [0.15, 0.2) is 0 Å². The number of hydrogen-bond acceptors (Lipinski definition) is 3. The van der Waals surface area contributed by atoms with Crippen molar-refractivity contribution in [2.24, 2.45) is 0 Å². The summed E-state index contributed by atoms with van der Waals surface area (Å²) in [6.07, 6.45) is 8.71. The maximum atomic E-state index is 8.86. The summed E-state index contributed by atoms with van der Waals surface area (Å²) in [5.74, 6) is 0.907. The van der Waals surface area contributed by atoms with Crippen LogP contribution in [-0.4, -0.2) is 24.3 Å². The zero-order valence-electron chi connectivity index (χ0n) is 11.1. The third-order valence-electron chi connectivity index (χ3n) is 3.74. The molecular formula is C15H23NO2. The Morgan fingerprint density at radius 2 is 1.72 bits per heavy atom. The van der Waals surface area contributed by atoms with Gasteiger partial charge >= 0.3 is 0 Å². The molecule has 3 heteroatoms. The minimum Gasteiger partial charge on any atom is -0.508 e. The van der Waals surface area contributed by atoms with Gasteiger partial charge in [-0.1, -0.05) is 18.9 Å². The van der Waals surface area contributed by atoms with E-state index >= 15 is 0 Å². The highest BCUT2D eigenvalue weighted by Crippen LogP contribution is 2.24. The van der Waals surface area contributed by atoms with Crippen LogP contribution in [0.15, 0.2) is 24.3 Å². The molecule has 0 aliphatic carbocycles. The van der Waals surface area contributed by atoms with Gasteiger partial charge in [0.25, 0.3) is 0 Å². The summed E-state index contributed by atoms with van der Waals surface area (Å²) in [7, 11) is 1.56. The number of methoxy groups -OCH3 is 1. The van der Waals surface area contributed by atoms with Crippen LogP contribution >= 0.6 is 0 Å². The number of phenolic OH excluding ortho intramolecular Hbond substituents is 1. The Morgan fingerprint density at radius 1 is 1.11 bits per heavy atom. The Bertz CT molecular complexity index is 347. The van der Waals surface area contributed by atoms with E-state index in [4.69, 9.17) is 9.84 Å². The van der Waals surface area contributed by atoms with Gasteiger partial charge < -0.3 is 15.2 Å². The molecule has 2 bridgehead atoms. The molecule has 1 aromatic carbocycles. The monoisotopic (exact) mass is 249 g/mol. The van der Waals surface area contributed by atoms with Gasteiger partial charge in [-0.05, 0) is 37.8 Å². The van der Waals surface area contributed by atoms with Crippen LogP contribution in [-0.2, 0) is 0 Å². The van der Waals surface area contributed by atoms with Crippen molar-refractivity contribution in [1.29, 1.82) is 0 Å². The molecule has 100 valence electrons. The summed E-state index contributed by atoms with van der Waals surface area (Å²) in [4.78, 5) is 0. The van der Waals surface area contributed by atoms with Gasteiger partial charge in [-0.25, -0.2) is 0 Å². The largest absolute Gasteiger partial charge is 0.508 e. The van der Waals surface area contributed by atoms with Gasteiger partial charge in [0, 0.05) is 18.2 Å². The molecule has 3 nitrogen and oxygen atoms in total. The summed E-state index contributed by atoms with van der Waals surface area (Å²) in [6.45, 7) is 0. The number of piperidine rings is 2. The summed E-state index contributed by atoms with van der Waals surface area (Å²) >= 11 is 0. The minimum absolute atomic E-state index is 0.231. The summed E-state index contributed by atoms with van der Waals surface area (Å²) in [5.41, 5.74) is 0. The van der Waals surface area contributed by atoms with E-state index in [2.05, 4.69) is 5.32 Å². The normalized spacial score (nSPS) is 25.8. The highest BCUT2D eigenvalue weighted by atomic mass is 16.5. The van der Waals surface area contributed by atoms with Gasteiger partial charge in [-0.3, -0.25) is 0 Å². The van der Waals surface area contributed by atoms with Crippen molar-refractivity contribution in [2.45, 2.75) is 50.6 Å². The van der Waals surface area contributed by atoms with Crippen molar-refractivity contribution in [3.05, 3.63) is 24.3 Å². The molecule has 0 atom stereocenters. The van der Waals surface area contributed by atoms with E-state index in [1.54, 1.807) is 31.4 Å². The minimum atomic E-state index is 0.231. The predicted molar refractivity (Wildman–Crippen MR) is 73.1 cm³/mol. The zero-order valence-corrected chi connectivity index (χ0v) is 11.1. The second kappa shape index (κ2) is 6.64. The number of aromatic hydroxyl groups is 1. The second-order valence-electron chi connectivity index (χ2n) is 5.12. The number of ether oxygens (including phenoxy) is 1. The molecule has 0 saturated carbocycles. The van der Waals surface area contributed by atoms with Crippen molar-refractivity contribution in [3.63, 3.8) is 0 Å². The fraction of sp³-hybridized carbons (Fsp3) is 0.600. The smallest absolute Gasteiger partial charge is 0.122 e. The fourth-order valence-corrected chi connectivity index (χ4v) is 2.79. The molecule has 0 aromatic heterocycles. The molecule has 0 unspecified atom stereocenters. The van der Waals surface area contributed by atoms with Crippen LogP contribution in [0.2, 0.25) is 0 Å². The van der Waals surface area contributed by atoms with Crippen molar-refractivity contribution in [1.82, 2.24) is 5.32 Å². The topological polar surface area (TPSA) is 41.5 Å². The van der Waals surface area contributed by atoms with Gasteiger partial charge in [0.2, 0.25) is 0 Å². The van der Waals surface area contributed by atoms with Crippen LogP contribution in [0.1, 0.15) is 38.5 Å². The fourth-order valence-electron chi connectivity index (χ4n) is 2.79. The van der Waals surface area contributed by atoms with Gasteiger partial charge in [-0.15, -0.1) is 0 Å². The molecule has 2 saturated heterocycles. The Morgan fingerprint density at radius 3 is 2.11 bits per heavy atom. The van der Waals surface area contributed by atoms with Crippen LogP contribution in [0.5, 0.6) is 11.5 Å². The zero-order chi connectivity index (χ0) is 12.8. The molecule has 0 spiro atoms. The average Bonchev–Trinajstić information content (AvgIpc) is 2.40. The first-order valence-electron chi connectivity index (χ1n) is 6.87. The maximum Gasteiger partial charge on any atom is 0.122 e. The highest BCUT2D eigenvalue weighted by molar-refractivity contribution is 5.31. The predicted octanol–water partition coefficient (Wildman–Crippen LogP) is 3.08. The van der Waals surface area contributed by atoms with Crippen LogP contribution in [0.4, 0.5) is 0 Å². The second-order valence-corrected chi connectivity index (χ2v) is 5.12. The number of hydrogen-bond donors (Lipinski definition) is 2. The number of rotatable bonds is 1. The van der Waals surface area contributed by atoms with Crippen LogP contribution in [0, 0.1) is 0 Å². The molecule has 2 N–H and O–H groups in total. The molecule has 2 aliphatic heterocycles. The standard InChI is InChI=1S/C8H15N.C7H8O2/c1-3-7-5-2-6-8(4-1)9-7;1-9-7-4-2-3-6(8)5-7/h7-9H,1-6H2;2-5,8H,1H3. The lowest BCUT2D eigenvalue weighted by Crippen LogP contribution is -2.45. The molecule has 1 aromatic rings. The van der Waals surface area contributed by atoms with Gasteiger partial charge in [0.1, 0.15) is 11.5 Å². The van der Waals surface area contributed by atoms with Crippen LogP contribution in [0.3, 0.4) is 0 Å². The number of fused-ring (bicyclic) bond motifs is 2. The molecule has 2 aliphatic rings. The van der Waals surface area contributed by atoms with E-state index in [1.165, 1.54) is 38.5 Å². The maximum absolute atomic E-state index is 8.86. The molecule has 18 heavy (non-hydrogen) atoms. The lowest BCUT2D eigenvalue weighted by atomic mass is 9.87. The lowest BCUT2D eigenvalue weighted by Gasteiger charge is -2.35. The van der Waals surface area contributed by atoms with Crippen molar-refractivity contribution < 1.29 is 9.84 Å². The number of benzene rings is 1. The van der Waals surface area contributed by atoms with Crippen molar-refractivity contribution in [2.75, 3.05) is 7.11 Å². The summed E-state index contributed by atoms with van der Waals surface area (Å²) in [5, 5.41) is 12.5. The molecule has 0 radical (unpaired) electrons. The van der Waals surface area contributed by atoms with E-state index in [0.717, 1.165) is 12.1 Å². The molecule has 0 amide bonds. The Balaban J connectivity index is 0.000000134. The van der Waals surface area contributed by atoms with E-state index in [1.807, 2.05) is 0 Å². The molecular weight excluding hydrogens is 226 g/mol. The van der Waals surface area contributed by atoms with E-state index < -0.39 is 0 Å². The molecule has 2 fully saturated rings. The number of phenols is 1. The van der Waals surface area contributed by atoms with Gasteiger partial charge in [0.05, 0.1) is 7.11 Å². The van der Waals surface area contributed by atoms with Crippen LogP contribution in [0.25, 0.3) is 0 Å². The van der Waals surface area contributed by atoms with E-state index in [9.17, 15) is 0 Å². The van der Waals surface area contributed by atoms with E-state index in [0.29, 0.717) is 5.75 Å². The summed E-state index contributed by atoms with van der Waals surface area (Å²) in [6, 6.07) is 8.46. The third-order valence-corrected chi connectivity index (χ3v) is 3.74. The first kappa shape index (κ1) is 13.2. The van der Waals surface area contributed by atoms with Crippen LogP contribution < -0.4 is 10.1 Å².